The van der Waals surface area contributed by atoms with Gasteiger partial charge in [0.25, 0.3) is 5.91 Å². The summed E-state index contributed by atoms with van der Waals surface area (Å²) in [5.41, 5.74) is 0.942. The largest absolute Gasteiger partial charge is 0.363 e. The van der Waals surface area contributed by atoms with E-state index in [9.17, 15) is 22.4 Å². The van der Waals surface area contributed by atoms with Crippen molar-refractivity contribution in [3.8, 4) is 0 Å². The van der Waals surface area contributed by atoms with Crippen molar-refractivity contribution in [3.63, 3.8) is 0 Å². The van der Waals surface area contributed by atoms with Gasteiger partial charge in [0.05, 0.1) is 12.2 Å². The van der Waals surface area contributed by atoms with Crippen LogP contribution in [0.4, 0.5) is 23.4 Å². The Bertz CT molecular complexity index is 1100. The maximum Gasteiger partial charge on any atom is 0.256 e. The summed E-state index contributed by atoms with van der Waals surface area (Å²) >= 11 is 0. The van der Waals surface area contributed by atoms with E-state index in [0.29, 0.717) is 17.8 Å². The van der Waals surface area contributed by atoms with E-state index in [2.05, 4.69) is 20.7 Å². The van der Waals surface area contributed by atoms with Crippen LogP contribution in [-0.4, -0.2) is 32.5 Å². The molecule has 170 valence electrons. The third-order valence-corrected chi connectivity index (χ3v) is 5.68. The lowest BCUT2D eigenvalue weighted by atomic mass is 9.92. The lowest BCUT2D eigenvalue weighted by molar-refractivity contribution is -0.0399. The zero-order valence-corrected chi connectivity index (χ0v) is 17.4. The normalized spacial score (nSPS) is 17.3. The fourth-order valence-corrected chi connectivity index (χ4v) is 3.93. The van der Waals surface area contributed by atoms with Crippen molar-refractivity contribution in [1.82, 2.24) is 19.9 Å². The van der Waals surface area contributed by atoms with Gasteiger partial charge in [0.2, 0.25) is 5.92 Å². The Morgan fingerprint density at radius 2 is 1.91 bits per heavy atom. The van der Waals surface area contributed by atoms with E-state index in [1.807, 2.05) is 6.92 Å². The summed E-state index contributed by atoms with van der Waals surface area (Å²) in [6, 6.07) is 4.24. The molecule has 1 aliphatic rings. The van der Waals surface area contributed by atoms with E-state index in [-0.39, 0.29) is 42.9 Å². The molecule has 1 unspecified atom stereocenters. The number of nitrogens with zero attached hydrogens (tertiary/aromatic N) is 3. The molecule has 0 aliphatic heterocycles. The van der Waals surface area contributed by atoms with E-state index in [0.717, 1.165) is 6.07 Å². The first-order chi connectivity index (χ1) is 15.2. The summed E-state index contributed by atoms with van der Waals surface area (Å²) in [5, 5.41) is 10.1. The van der Waals surface area contributed by atoms with Crippen molar-refractivity contribution in [2.75, 3.05) is 5.32 Å². The predicted molar refractivity (Wildman–Crippen MR) is 111 cm³/mol. The number of carbonyl (C=O) groups is 1. The van der Waals surface area contributed by atoms with Crippen LogP contribution in [0, 0.1) is 11.6 Å². The zero-order valence-electron chi connectivity index (χ0n) is 17.4. The van der Waals surface area contributed by atoms with E-state index >= 15 is 0 Å². The highest BCUT2D eigenvalue weighted by Gasteiger charge is 2.35. The van der Waals surface area contributed by atoms with Gasteiger partial charge in [-0.15, -0.1) is 0 Å². The Hall–Kier alpha value is -3.17. The van der Waals surface area contributed by atoms with Gasteiger partial charge in [0.15, 0.2) is 5.65 Å². The number of hydrogen-bond donors (Lipinski definition) is 2. The van der Waals surface area contributed by atoms with Gasteiger partial charge in [0, 0.05) is 31.1 Å². The van der Waals surface area contributed by atoms with Gasteiger partial charge in [-0.25, -0.2) is 27.1 Å². The van der Waals surface area contributed by atoms with Gasteiger partial charge in [-0.1, -0.05) is 6.92 Å². The van der Waals surface area contributed by atoms with Crippen molar-refractivity contribution >= 4 is 17.4 Å². The molecule has 3 aromatic rings. The minimum Gasteiger partial charge on any atom is -0.363 e. The standard InChI is InChI=1S/C22H23F4N5O/c1-2-18(13-9-14(23)11-15(24)10-13)29-19-5-8-31-20(30-19)17(12-27-31)21(32)28-16-3-6-22(25,26)7-4-16/h5,8-12,16,18H,2-4,6-7H2,1H3,(H,28,32)(H,29,30). The molecule has 2 N–H and O–H groups in total. The van der Waals surface area contributed by atoms with Gasteiger partial charge in [-0.3, -0.25) is 4.79 Å². The third kappa shape index (κ3) is 4.84. The van der Waals surface area contributed by atoms with Crippen molar-refractivity contribution in [2.24, 2.45) is 0 Å². The monoisotopic (exact) mass is 449 g/mol. The maximum absolute atomic E-state index is 13.6. The molecule has 1 fully saturated rings. The second kappa shape index (κ2) is 8.76. The molecule has 4 rings (SSSR count). The molecule has 1 amide bonds. The first-order valence-electron chi connectivity index (χ1n) is 10.5. The van der Waals surface area contributed by atoms with Crippen molar-refractivity contribution < 1.29 is 22.4 Å². The third-order valence-electron chi connectivity index (χ3n) is 5.68. The molecule has 0 spiro atoms. The highest BCUT2D eigenvalue weighted by molar-refractivity contribution is 5.99. The SMILES string of the molecule is CCC(Nc1ccn2ncc(C(=O)NC3CCC(F)(F)CC3)c2n1)c1cc(F)cc(F)c1. The molecule has 0 saturated heterocycles. The van der Waals surface area contributed by atoms with Gasteiger partial charge in [0.1, 0.15) is 23.0 Å². The second-order valence-electron chi connectivity index (χ2n) is 8.05. The molecule has 1 atom stereocenters. The minimum absolute atomic E-state index is 0.209. The molecule has 2 heterocycles. The molecule has 0 radical (unpaired) electrons. The lowest BCUT2D eigenvalue weighted by Gasteiger charge is -2.28. The smallest absolute Gasteiger partial charge is 0.256 e. The van der Waals surface area contributed by atoms with Crippen molar-refractivity contribution in [2.45, 2.75) is 57.0 Å². The number of alkyl halides is 2. The summed E-state index contributed by atoms with van der Waals surface area (Å²) < 4.78 is 55.4. The van der Waals surface area contributed by atoms with Crippen LogP contribution in [0.15, 0.2) is 36.7 Å². The number of rotatable bonds is 6. The average molecular weight is 449 g/mol. The molecular weight excluding hydrogens is 426 g/mol. The first-order valence-corrected chi connectivity index (χ1v) is 10.5. The van der Waals surface area contributed by atoms with Crippen LogP contribution in [0.1, 0.15) is 61.0 Å². The van der Waals surface area contributed by atoms with Crippen LogP contribution in [0.25, 0.3) is 5.65 Å². The Labute approximate surface area is 182 Å². The number of nitrogens with one attached hydrogen (secondary N) is 2. The topological polar surface area (TPSA) is 71.3 Å². The second-order valence-corrected chi connectivity index (χ2v) is 8.05. The van der Waals surface area contributed by atoms with Crippen LogP contribution < -0.4 is 10.6 Å². The fraction of sp³-hybridized carbons (Fsp3) is 0.409. The molecular formula is C22H23F4N5O. The zero-order chi connectivity index (χ0) is 22.9. The average Bonchev–Trinajstić information content (AvgIpc) is 3.16. The van der Waals surface area contributed by atoms with Gasteiger partial charge >= 0.3 is 0 Å². The minimum atomic E-state index is -2.67. The van der Waals surface area contributed by atoms with Crippen LogP contribution in [0.3, 0.4) is 0 Å². The van der Waals surface area contributed by atoms with Crippen molar-refractivity contribution in [3.05, 3.63) is 59.4 Å². The van der Waals surface area contributed by atoms with Crippen LogP contribution in [-0.2, 0) is 0 Å². The van der Waals surface area contributed by atoms with E-state index in [4.69, 9.17) is 0 Å². The number of benzene rings is 1. The quantitative estimate of drug-likeness (QED) is 0.527. The predicted octanol–water partition coefficient (Wildman–Crippen LogP) is 4.88. The van der Waals surface area contributed by atoms with Gasteiger partial charge in [-0.05, 0) is 43.0 Å². The summed E-state index contributed by atoms with van der Waals surface area (Å²) in [6.07, 6.45) is 3.44. The molecule has 1 saturated carbocycles. The maximum atomic E-state index is 13.6. The number of halogens is 4. The van der Waals surface area contributed by atoms with E-state index in [1.54, 1.807) is 12.3 Å². The number of amides is 1. The first kappa shape index (κ1) is 22.0. The summed E-state index contributed by atoms with van der Waals surface area (Å²) in [7, 11) is 0. The fourth-order valence-electron chi connectivity index (χ4n) is 3.93. The number of aromatic nitrogens is 3. The molecule has 6 nitrogen and oxygen atoms in total. The Morgan fingerprint density at radius 3 is 2.56 bits per heavy atom. The summed E-state index contributed by atoms with van der Waals surface area (Å²) in [6.45, 7) is 1.87. The highest BCUT2D eigenvalue weighted by atomic mass is 19.3. The molecule has 1 aliphatic carbocycles. The van der Waals surface area contributed by atoms with Crippen LogP contribution in [0.2, 0.25) is 0 Å². The van der Waals surface area contributed by atoms with Crippen LogP contribution >= 0.6 is 0 Å². The van der Waals surface area contributed by atoms with Crippen LogP contribution in [0.5, 0.6) is 0 Å². The van der Waals surface area contributed by atoms with E-state index < -0.39 is 29.5 Å². The Morgan fingerprint density at radius 1 is 1.22 bits per heavy atom. The van der Waals surface area contributed by atoms with Crippen molar-refractivity contribution in [1.29, 1.82) is 0 Å². The number of hydrogen-bond acceptors (Lipinski definition) is 4. The summed E-state index contributed by atoms with van der Waals surface area (Å²) in [4.78, 5) is 17.2. The number of anilines is 1. The van der Waals surface area contributed by atoms with E-state index in [1.165, 1.54) is 22.8 Å². The van der Waals surface area contributed by atoms with Gasteiger partial charge in [-0.2, -0.15) is 5.10 Å². The lowest BCUT2D eigenvalue weighted by Crippen LogP contribution is -2.40. The number of carbonyl (C=O) groups excluding carboxylic acids is 1. The summed E-state index contributed by atoms with van der Waals surface area (Å²) in [5.74, 6) is -4.04. The number of fused-ring (bicyclic) bond motifs is 1. The van der Waals surface area contributed by atoms with Gasteiger partial charge < -0.3 is 10.6 Å². The highest BCUT2D eigenvalue weighted by Crippen LogP contribution is 2.33. The molecule has 2 aromatic heterocycles. The molecule has 10 heteroatoms. The Balaban J connectivity index is 1.52. The Kier molecular flexibility index (Phi) is 6.03. The molecule has 1 aromatic carbocycles. The molecule has 32 heavy (non-hydrogen) atoms. The molecule has 0 bridgehead atoms.